The third kappa shape index (κ3) is 9.15. The number of likely N-dealkylation sites (tertiary alicyclic amines) is 1. The number of piperidine rings is 1. The highest BCUT2D eigenvalue weighted by molar-refractivity contribution is 5.68. The molecule has 8 heteroatoms. The maximum atomic E-state index is 12.1. The van der Waals surface area contributed by atoms with Gasteiger partial charge in [-0.05, 0) is 39.2 Å². The van der Waals surface area contributed by atoms with Crippen LogP contribution in [0.5, 0.6) is 0 Å². The van der Waals surface area contributed by atoms with Crippen molar-refractivity contribution in [1.29, 1.82) is 0 Å². The van der Waals surface area contributed by atoms with Crippen molar-refractivity contribution < 1.29 is 24.2 Å². The number of benzene rings is 1. The van der Waals surface area contributed by atoms with Crippen LogP contribution in [-0.2, 0) is 16.1 Å². The molecule has 8 nitrogen and oxygen atoms in total. The lowest BCUT2D eigenvalue weighted by Crippen LogP contribution is -2.48. The van der Waals surface area contributed by atoms with Gasteiger partial charge in [0.05, 0.1) is 6.10 Å². The zero-order valence-corrected chi connectivity index (χ0v) is 17.5. The van der Waals surface area contributed by atoms with Gasteiger partial charge in [0.2, 0.25) is 0 Å². The van der Waals surface area contributed by atoms with Crippen LogP contribution in [-0.4, -0.2) is 66.1 Å². The molecular weight excluding hydrogens is 374 g/mol. The van der Waals surface area contributed by atoms with Crippen molar-refractivity contribution >= 4 is 12.2 Å². The number of hydrogen-bond acceptors (Lipinski definition) is 6. The topological polar surface area (TPSA) is 100 Å². The van der Waals surface area contributed by atoms with Crippen molar-refractivity contribution in [2.45, 2.75) is 58.0 Å². The van der Waals surface area contributed by atoms with Crippen LogP contribution < -0.4 is 10.6 Å². The largest absolute Gasteiger partial charge is 0.445 e. The summed E-state index contributed by atoms with van der Waals surface area (Å²) in [6.45, 7) is 7.45. The van der Waals surface area contributed by atoms with E-state index in [4.69, 9.17) is 9.47 Å². The highest BCUT2D eigenvalue weighted by Gasteiger charge is 2.26. The molecule has 1 aromatic carbocycles. The average Bonchev–Trinajstić information content (AvgIpc) is 2.69. The van der Waals surface area contributed by atoms with Crippen LogP contribution in [0.1, 0.15) is 39.2 Å². The van der Waals surface area contributed by atoms with E-state index in [0.717, 1.165) is 18.4 Å². The molecule has 1 atom stereocenters. The number of hydrogen-bond donors (Lipinski definition) is 3. The van der Waals surface area contributed by atoms with Gasteiger partial charge in [-0.25, -0.2) is 9.59 Å². The van der Waals surface area contributed by atoms with Crippen molar-refractivity contribution in [3.8, 4) is 0 Å². The Morgan fingerprint density at radius 3 is 2.45 bits per heavy atom. The van der Waals surface area contributed by atoms with E-state index in [1.165, 1.54) is 0 Å². The number of nitrogens with zero attached hydrogens (tertiary/aromatic N) is 1. The van der Waals surface area contributed by atoms with E-state index >= 15 is 0 Å². The third-order valence-electron chi connectivity index (χ3n) is 4.48. The lowest BCUT2D eigenvalue weighted by atomic mass is 10.1. The fourth-order valence-electron chi connectivity index (χ4n) is 2.94. The Bertz CT molecular complexity index is 639. The molecule has 1 aromatic rings. The zero-order valence-electron chi connectivity index (χ0n) is 17.5. The van der Waals surface area contributed by atoms with E-state index in [0.29, 0.717) is 19.6 Å². The molecule has 1 aliphatic rings. The van der Waals surface area contributed by atoms with Gasteiger partial charge < -0.3 is 30.1 Å². The molecule has 1 saturated heterocycles. The number of alkyl carbamates (subject to hydrolysis) is 1. The lowest BCUT2D eigenvalue weighted by molar-refractivity contribution is 0.0195. The van der Waals surface area contributed by atoms with E-state index in [1.54, 1.807) is 4.90 Å². The van der Waals surface area contributed by atoms with Gasteiger partial charge >= 0.3 is 12.2 Å². The van der Waals surface area contributed by atoms with Crippen LogP contribution in [0.2, 0.25) is 0 Å². The first kappa shape index (κ1) is 23.0. The highest BCUT2D eigenvalue weighted by Crippen LogP contribution is 2.15. The fourth-order valence-corrected chi connectivity index (χ4v) is 2.94. The molecule has 0 unspecified atom stereocenters. The smallest absolute Gasteiger partial charge is 0.410 e. The molecule has 3 N–H and O–H groups in total. The Balaban J connectivity index is 1.57. The quantitative estimate of drug-likeness (QED) is 0.641. The summed E-state index contributed by atoms with van der Waals surface area (Å²) in [7, 11) is 0. The second-order valence-corrected chi connectivity index (χ2v) is 8.25. The first-order chi connectivity index (χ1) is 13.7. The molecule has 0 aliphatic carbocycles. The van der Waals surface area contributed by atoms with Gasteiger partial charge in [-0.2, -0.15) is 0 Å². The monoisotopic (exact) mass is 407 g/mol. The molecular formula is C21H33N3O5. The van der Waals surface area contributed by atoms with Gasteiger partial charge in [0, 0.05) is 32.2 Å². The number of nitrogens with one attached hydrogen (secondary N) is 2. The van der Waals surface area contributed by atoms with E-state index in [2.05, 4.69) is 10.6 Å². The van der Waals surface area contributed by atoms with Gasteiger partial charge in [-0.3, -0.25) is 0 Å². The minimum atomic E-state index is -0.719. The molecule has 1 fully saturated rings. The minimum absolute atomic E-state index is 0.109. The number of amides is 2. The molecule has 1 aliphatic heterocycles. The number of carbonyl (C=O) groups is 2. The summed E-state index contributed by atoms with van der Waals surface area (Å²) in [6.07, 6.45) is 0.0211. The predicted octanol–water partition coefficient (Wildman–Crippen LogP) is 2.26. The molecule has 2 amide bonds. The second kappa shape index (κ2) is 11.0. The van der Waals surface area contributed by atoms with Crippen molar-refractivity contribution in [2.75, 3.05) is 26.2 Å². The number of carbonyl (C=O) groups excluding carboxylic acids is 2. The third-order valence-corrected chi connectivity index (χ3v) is 4.48. The van der Waals surface area contributed by atoms with Crippen LogP contribution in [0.4, 0.5) is 9.59 Å². The molecule has 29 heavy (non-hydrogen) atoms. The molecule has 0 radical (unpaired) electrons. The van der Waals surface area contributed by atoms with Gasteiger partial charge in [-0.15, -0.1) is 0 Å². The average molecular weight is 408 g/mol. The lowest BCUT2D eigenvalue weighted by Gasteiger charge is -2.34. The molecule has 1 heterocycles. The number of aliphatic hydroxyl groups is 1. The summed E-state index contributed by atoms with van der Waals surface area (Å²) in [5.41, 5.74) is 0.411. The Kier molecular flexibility index (Phi) is 8.72. The van der Waals surface area contributed by atoms with Crippen molar-refractivity contribution in [2.24, 2.45) is 0 Å². The first-order valence-electron chi connectivity index (χ1n) is 10.1. The molecule has 0 saturated carbocycles. The maximum Gasteiger partial charge on any atom is 0.410 e. The van der Waals surface area contributed by atoms with Crippen LogP contribution in [0.15, 0.2) is 30.3 Å². The van der Waals surface area contributed by atoms with Crippen LogP contribution in [0.25, 0.3) is 0 Å². The van der Waals surface area contributed by atoms with Gasteiger partial charge in [0.15, 0.2) is 0 Å². The molecule has 0 aromatic heterocycles. The minimum Gasteiger partial charge on any atom is -0.445 e. The van der Waals surface area contributed by atoms with Gasteiger partial charge in [0.1, 0.15) is 12.2 Å². The van der Waals surface area contributed by atoms with Crippen LogP contribution in [0, 0.1) is 0 Å². The van der Waals surface area contributed by atoms with Gasteiger partial charge in [0.25, 0.3) is 0 Å². The maximum absolute atomic E-state index is 12.1. The standard InChI is InChI=1S/C21H33N3O5/c1-21(2,3)29-20(27)24-11-9-17(10-12-24)22-13-18(25)14-23-19(26)28-15-16-7-5-4-6-8-16/h4-8,17-18,22,25H,9-15H2,1-3H3,(H,23,26)/t18-/m1/s1. The summed E-state index contributed by atoms with van der Waals surface area (Å²) in [5, 5.41) is 15.9. The van der Waals surface area contributed by atoms with Crippen LogP contribution in [0.3, 0.4) is 0 Å². The number of ether oxygens (including phenoxy) is 2. The Morgan fingerprint density at radius 2 is 1.83 bits per heavy atom. The molecule has 162 valence electrons. The summed E-state index contributed by atoms with van der Waals surface area (Å²) in [4.78, 5) is 25.5. The van der Waals surface area contributed by atoms with Crippen molar-refractivity contribution in [1.82, 2.24) is 15.5 Å². The van der Waals surface area contributed by atoms with E-state index in [1.807, 2.05) is 51.1 Å². The first-order valence-corrected chi connectivity index (χ1v) is 10.1. The molecule has 0 spiro atoms. The zero-order chi connectivity index (χ0) is 21.3. The summed E-state index contributed by atoms with van der Waals surface area (Å²) in [5.74, 6) is 0. The predicted molar refractivity (Wildman–Crippen MR) is 109 cm³/mol. The summed E-state index contributed by atoms with van der Waals surface area (Å²) >= 11 is 0. The summed E-state index contributed by atoms with van der Waals surface area (Å²) < 4.78 is 10.5. The summed E-state index contributed by atoms with van der Waals surface area (Å²) in [6, 6.07) is 9.62. The Labute approximate surface area is 172 Å². The van der Waals surface area contributed by atoms with E-state index < -0.39 is 17.8 Å². The Hall–Kier alpha value is -2.32. The SMILES string of the molecule is CC(C)(C)OC(=O)N1CCC(NC[C@@H](O)CNC(=O)OCc2ccccc2)CC1. The van der Waals surface area contributed by atoms with Crippen molar-refractivity contribution in [3.63, 3.8) is 0 Å². The second-order valence-electron chi connectivity index (χ2n) is 8.25. The van der Waals surface area contributed by atoms with Crippen molar-refractivity contribution in [3.05, 3.63) is 35.9 Å². The molecule has 0 bridgehead atoms. The highest BCUT2D eigenvalue weighted by atomic mass is 16.6. The number of aliphatic hydroxyl groups excluding tert-OH is 1. The van der Waals surface area contributed by atoms with Gasteiger partial charge in [-0.1, -0.05) is 30.3 Å². The molecule has 2 rings (SSSR count). The van der Waals surface area contributed by atoms with Crippen LogP contribution >= 0.6 is 0 Å². The van der Waals surface area contributed by atoms with E-state index in [-0.39, 0.29) is 25.3 Å². The fraction of sp³-hybridized carbons (Fsp3) is 0.619. The normalized spacial score (nSPS) is 16.2. The number of rotatable bonds is 7. The Morgan fingerprint density at radius 1 is 1.17 bits per heavy atom. The van der Waals surface area contributed by atoms with E-state index in [9.17, 15) is 14.7 Å².